The number of benzene rings is 1. The molecule has 0 aliphatic rings. The standard InChI is InChI=1S/C17H19FN2O4S/c1-10-15(16(21)20-13(17(22)23)7-8-24-2)25-14(19-10)9-11-3-5-12(18)6-4-11/h3-6,13H,7-9H2,1-2H3,(H,20,21)(H,22,23). The van der Waals surface area contributed by atoms with Crippen molar-refractivity contribution in [3.8, 4) is 0 Å². The Morgan fingerprint density at radius 1 is 1.36 bits per heavy atom. The van der Waals surface area contributed by atoms with E-state index in [1.54, 1.807) is 19.1 Å². The van der Waals surface area contributed by atoms with Gasteiger partial charge in [-0.15, -0.1) is 11.3 Å². The van der Waals surface area contributed by atoms with Crippen molar-refractivity contribution in [2.75, 3.05) is 13.7 Å². The second-order valence-corrected chi connectivity index (χ2v) is 6.55. The van der Waals surface area contributed by atoms with E-state index in [2.05, 4.69) is 10.3 Å². The second kappa shape index (κ2) is 8.68. The SMILES string of the molecule is COCCC(NC(=O)c1sc(Cc2ccc(F)cc2)nc1C)C(=O)O. The first-order chi connectivity index (χ1) is 11.9. The molecular formula is C17H19FN2O4S. The molecule has 1 aromatic heterocycles. The minimum absolute atomic E-state index is 0.178. The number of methoxy groups -OCH3 is 1. The number of amides is 1. The molecule has 0 aliphatic heterocycles. The summed E-state index contributed by atoms with van der Waals surface area (Å²) in [6.45, 7) is 1.93. The lowest BCUT2D eigenvalue weighted by Gasteiger charge is -2.13. The summed E-state index contributed by atoms with van der Waals surface area (Å²) in [5, 5.41) is 12.4. The Morgan fingerprint density at radius 3 is 2.64 bits per heavy atom. The Kier molecular flexibility index (Phi) is 6.60. The van der Waals surface area contributed by atoms with Crippen LogP contribution >= 0.6 is 11.3 Å². The van der Waals surface area contributed by atoms with Crippen LogP contribution in [0.15, 0.2) is 24.3 Å². The van der Waals surface area contributed by atoms with Crippen LogP contribution in [0.4, 0.5) is 4.39 Å². The molecule has 0 saturated heterocycles. The van der Waals surface area contributed by atoms with Gasteiger partial charge in [-0.25, -0.2) is 14.2 Å². The molecule has 2 rings (SSSR count). The number of hydrogen-bond donors (Lipinski definition) is 2. The van der Waals surface area contributed by atoms with Gasteiger partial charge in [0.15, 0.2) is 0 Å². The van der Waals surface area contributed by atoms with Gasteiger partial charge in [0.1, 0.15) is 16.7 Å². The molecule has 134 valence electrons. The van der Waals surface area contributed by atoms with Crippen LogP contribution < -0.4 is 5.32 Å². The van der Waals surface area contributed by atoms with Crippen LogP contribution in [0.5, 0.6) is 0 Å². The molecule has 6 nitrogen and oxygen atoms in total. The average Bonchev–Trinajstić information content (AvgIpc) is 2.93. The summed E-state index contributed by atoms with van der Waals surface area (Å²) in [7, 11) is 1.47. The van der Waals surface area contributed by atoms with E-state index in [-0.39, 0.29) is 18.8 Å². The molecule has 0 bridgehead atoms. The second-order valence-electron chi connectivity index (χ2n) is 5.47. The van der Waals surface area contributed by atoms with Crippen LogP contribution in [-0.2, 0) is 16.0 Å². The maximum Gasteiger partial charge on any atom is 0.326 e. The molecule has 1 aromatic carbocycles. The number of aromatic nitrogens is 1. The Labute approximate surface area is 148 Å². The van der Waals surface area contributed by atoms with Gasteiger partial charge in [0, 0.05) is 26.6 Å². The minimum Gasteiger partial charge on any atom is -0.480 e. The fourth-order valence-corrected chi connectivity index (χ4v) is 3.23. The number of aliphatic carboxylic acids is 1. The Balaban J connectivity index is 2.08. The number of rotatable bonds is 8. The predicted molar refractivity (Wildman–Crippen MR) is 91.4 cm³/mol. The number of nitrogens with zero attached hydrogens (tertiary/aromatic N) is 1. The summed E-state index contributed by atoms with van der Waals surface area (Å²) in [4.78, 5) is 28.3. The van der Waals surface area contributed by atoms with Crippen LogP contribution in [0.2, 0.25) is 0 Å². The largest absolute Gasteiger partial charge is 0.480 e. The fourth-order valence-electron chi connectivity index (χ4n) is 2.23. The van der Waals surface area contributed by atoms with Crippen LogP contribution in [0.25, 0.3) is 0 Å². The van der Waals surface area contributed by atoms with E-state index in [0.29, 0.717) is 22.0 Å². The summed E-state index contributed by atoms with van der Waals surface area (Å²) < 4.78 is 17.8. The van der Waals surface area contributed by atoms with Crippen molar-refractivity contribution in [2.45, 2.75) is 25.8 Å². The van der Waals surface area contributed by atoms with Crippen LogP contribution in [-0.4, -0.2) is 41.7 Å². The fraction of sp³-hybridized carbons (Fsp3) is 0.353. The molecule has 1 heterocycles. The van der Waals surface area contributed by atoms with E-state index in [9.17, 15) is 19.1 Å². The molecule has 2 aromatic rings. The van der Waals surface area contributed by atoms with Crippen LogP contribution in [0.1, 0.15) is 32.4 Å². The zero-order chi connectivity index (χ0) is 18.4. The molecule has 0 saturated carbocycles. The van der Waals surface area contributed by atoms with Crippen molar-refractivity contribution in [2.24, 2.45) is 0 Å². The van der Waals surface area contributed by atoms with Gasteiger partial charge in [0.25, 0.3) is 5.91 Å². The molecule has 0 radical (unpaired) electrons. The Morgan fingerprint density at radius 2 is 2.04 bits per heavy atom. The van der Waals surface area contributed by atoms with Gasteiger partial charge in [-0.2, -0.15) is 0 Å². The third kappa shape index (κ3) is 5.33. The van der Waals surface area contributed by atoms with Crippen molar-refractivity contribution in [3.05, 3.63) is 51.2 Å². The highest BCUT2D eigenvalue weighted by molar-refractivity contribution is 7.13. The number of carbonyl (C=O) groups is 2. The molecule has 2 N–H and O–H groups in total. The number of aryl methyl sites for hydroxylation is 1. The molecule has 0 spiro atoms. The number of hydrogen-bond acceptors (Lipinski definition) is 5. The van der Waals surface area contributed by atoms with Crippen LogP contribution in [0.3, 0.4) is 0 Å². The van der Waals surface area contributed by atoms with E-state index in [0.717, 1.165) is 5.56 Å². The van der Waals surface area contributed by atoms with Crippen molar-refractivity contribution in [3.63, 3.8) is 0 Å². The third-order valence-electron chi connectivity index (χ3n) is 3.53. The van der Waals surface area contributed by atoms with Gasteiger partial charge in [-0.3, -0.25) is 4.79 Å². The molecule has 1 amide bonds. The van der Waals surface area contributed by atoms with E-state index in [1.165, 1.54) is 30.6 Å². The van der Waals surface area contributed by atoms with Crippen molar-refractivity contribution in [1.29, 1.82) is 0 Å². The minimum atomic E-state index is -1.11. The van der Waals surface area contributed by atoms with Gasteiger partial charge in [0.05, 0.1) is 10.7 Å². The predicted octanol–water partition coefficient (Wildman–Crippen LogP) is 2.40. The molecular weight excluding hydrogens is 347 g/mol. The number of carboxylic acids is 1. The van der Waals surface area contributed by atoms with Crippen molar-refractivity contribution >= 4 is 23.2 Å². The summed E-state index contributed by atoms with van der Waals surface area (Å²) in [6.07, 6.45) is 0.656. The van der Waals surface area contributed by atoms with Crippen molar-refractivity contribution < 1.29 is 23.8 Å². The summed E-state index contributed by atoms with van der Waals surface area (Å²) in [5.74, 6) is -1.89. The maximum atomic E-state index is 13.0. The first kappa shape index (κ1) is 19.0. The van der Waals surface area contributed by atoms with Gasteiger partial charge in [-0.1, -0.05) is 12.1 Å². The highest BCUT2D eigenvalue weighted by Gasteiger charge is 2.23. The topological polar surface area (TPSA) is 88.5 Å². The number of carbonyl (C=O) groups excluding carboxylic acids is 1. The first-order valence-corrected chi connectivity index (χ1v) is 8.45. The molecule has 25 heavy (non-hydrogen) atoms. The smallest absolute Gasteiger partial charge is 0.326 e. The zero-order valence-electron chi connectivity index (χ0n) is 13.9. The first-order valence-electron chi connectivity index (χ1n) is 7.64. The normalized spacial score (nSPS) is 12.0. The molecule has 1 unspecified atom stereocenters. The highest BCUT2D eigenvalue weighted by atomic mass is 32.1. The molecule has 0 fully saturated rings. The highest BCUT2D eigenvalue weighted by Crippen LogP contribution is 2.21. The number of nitrogens with one attached hydrogen (secondary N) is 1. The van der Waals surface area contributed by atoms with E-state index < -0.39 is 17.9 Å². The van der Waals surface area contributed by atoms with Gasteiger partial charge < -0.3 is 15.2 Å². The van der Waals surface area contributed by atoms with Gasteiger partial charge in [-0.05, 0) is 24.6 Å². The quantitative estimate of drug-likeness (QED) is 0.749. The van der Waals surface area contributed by atoms with E-state index in [4.69, 9.17) is 4.74 Å². The molecule has 0 aliphatic carbocycles. The number of ether oxygens (including phenoxy) is 1. The summed E-state index contributed by atoms with van der Waals surface area (Å²) >= 11 is 1.20. The lowest BCUT2D eigenvalue weighted by atomic mass is 10.1. The van der Waals surface area contributed by atoms with Crippen molar-refractivity contribution in [1.82, 2.24) is 10.3 Å². The van der Waals surface area contributed by atoms with E-state index >= 15 is 0 Å². The third-order valence-corrected chi connectivity index (χ3v) is 4.69. The molecule has 1 atom stereocenters. The molecule has 8 heteroatoms. The van der Waals surface area contributed by atoms with E-state index in [1.807, 2.05) is 0 Å². The number of halogens is 1. The number of carboxylic acid groups (broad SMARTS) is 1. The zero-order valence-corrected chi connectivity index (χ0v) is 14.7. The number of thiazole rings is 1. The van der Waals surface area contributed by atoms with Gasteiger partial charge in [0.2, 0.25) is 0 Å². The lowest BCUT2D eigenvalue weighted by Crippen LogP contribution is -2.41. The summed E-state index contributed by atoms with van der Waals surface area (Å²) in [6, 6.07) is 5.05. The summed E-state index contributed by atoms with van der Waals surface area (Å²) in [5.41, 5.74) is 1.42. The van der Waals surface area contributed by atoms with Gasteiger partial charge >= 0.3 is 5.97 Å². The average molecular weight is 366 g/mol. The Hall–Kier alpha value is -2.32. The lowest BCUT2D eigenvalue weighted by molar-refractivity contribution is -0.139. The Bertz CT molecular complexity index is 746. The maximum absolute atomic E-state index is 13.0. The van der Waals surface area contributed by atoms with Crippen LogP contribution in [0, 0.1) is 12.7 Å². The monoisotopic (exact) mass is 366 g/mol.